The van der Waals surface area contributed by atoms with Crippen molar-refractivity contribution >= 4 is 37.5 Å². The maximum Gasteiger partial charge on any atom is 0.0631 e. The fourth-order valence-electron chi connectivity index (χ4n) is 3.14. The fourth-order valence-corrected chi connectivity index (χ4v) is 4.37. The van der Waals surface area contributed by atoms with E-state index in [1.54, 1.807) is 0 Å². The summed E-state index contributed by atoms with van der Waals surface area (Å²) in [5.41, 5.74) is 1.21. The van der Waals surface area contributed by atoms with Crippen molar-refractivity contribution in [3.05, 3.63) is 27.1 Å². The van der Waals surface area contributed by atoms with E-state index in [1.165, 1.54) is 37.8 Å². The Labute approximate surface area is 133 Å². The topological polar surface area (TPSA) is 12.0 Å². The molecule has 0 spiro atoms. The highest BCUT2D eigenvalue weighted by Gasteiger charge is 2.23. The van der Waals surface area contributed by atoms with Gasteiger partial charge in [0.15, 0.2) is 0 Å². The second-order valence-corrected chi connectivity index (χ2v) is 7.81. The Morgan fingerprint density at radius 3 is 2.53 bits per heavy atom. The molecule has 1 fully saturated rings. The molecule has 1 aliphatic carbocycles. The molecule has 106 valence electrons. The van der Waals surface area contributed by atoms with Crippen LogP contribution in [0.1, 0.15) is 46.0 Å². The van der Waals surface area contributed by atoms with Gasteiger partial charge in [0.1, 0.15) is 0 Å². The van der Waals surface area contributed by atoms with E-state index in [0.717, 1.165) is 20.8 Å². The smallest absolute Gasteiger partial charge is 0.0631 e. The van der Waals surface area contributed by atoms with Crippen LogP contribution in [0, 0.1) is 11.8 Å². The maximum atomic E-state index is 3.73. The number of rotatable bonds is 4. The minimum absolute atomic E-state index is 0.618. The van der Waals surface area contributed by atoms with Gasteiger partial charge in [-0.25, -0.2) is 0 Å². The lowest BCUT2D eigenvalue weighted by molar-refractivity contribution is 0.289. The van der Waals surface area contributed by atoms with E-state index in [2.05, 4.69) is 69.2 Å². The first kappa shape index (κ1) is 15.4. The molecule has 0 saturated heterocycles. The molecule has 1 aromatic carbocycles. The van der Waals surface area contributed by atoms with Crippen molar-refractivity contribution in [2.75, 3.05) is 5.32 Å². The fraction of sp³-hybridized carbons (Fsp3) is 0.625. The molecule has 2 unspecified atom stereocenters. The van der Waals surface area contributed by atoms with Crippen molar-refractivity contribution in [2.24, 2.45) is 11.8 Å². The summed E-state index contributed by atoms with van der Waals surface area (Å²) in [7, 11) is 0. The summed E-state index contributed by atoms with van der Waals surface area (Å²) >= 11 is 7.27. The van der Waals surface area contributed by atoms with E-state index in [9.17, 15) is 0 Å². The SMILES string of the molecule is CC(C)CC1CCCC(Nc2c(Br)cccc2Br)C1. The second-order valence-electron chi connectivity index (χ2n) is 6.10. The lowest BCUT2D eigenvalue weighted by atomic mass is 9.81. The standard InChI is InChI=1S/C16H23Br2N/c1-11(2)9-12-5-3-6-13(10-12)19-16-14(17)7-4-8-15(16)18/h4,7-8,11-13,19H,3,5-6,9-10H2,1-2H3. The summed E-state index contributed by atoms with van der Waals surface area (Å²) in [5.74, 6) is 1.71. The van der Waals surface area contributed by atoms with Crippen molar-refractivity contribution in [3.8, 4) is 0 Å². The van der Waals surface area contributed by atoms with Crippen LogP contribution in [-0.2, 0) is 0 Å². The summed E-state index contributed by atoms with van der Waals surface area (Å²) in [6.45, 7) is 4.67. The molecule has 2 atom stereocenters. The Hall–Kier alpha value is -0.0200. The third-order valence-electron chi connectivity index (χ3n) is 3.90. The molecule has 0 amide bonds. The van der Waals surface area contributed by atoms with Crippen LogP contribution in [0.2, 0.25) is 0 Å². The third-order valence-corrected chi connectivity index (χ3v) is 5.22. The monoisotopic (exact) mass is 387 g/mol. The molecule has 1 saturated carbocycles. The van der Waals surface area contributed by atoms with Gasteiger partial charge < -0.3 is 5.32 Å². The predicted molar refractivity (Wildman–Crippen MR) is 90.7 cm³/mol. The van der Waals surface area contributed by atoms with Crippen LogP contribution in [0.4, 0.5) is 5.69 Å². The van der Waals surface area contributed by atoms with E-state index < -0.39 is 0 Å². The molecule has 0 aromatic heterocycles. The summed E-state index contributed by atoms with van der Waals surface area (Å²) in [4.78, 5) is 0. The first-order valence-corrected chi connectivity index (χ1v) is 8.85. The Morgan fingerprint density at radius 1 is 1.21 bits per heavy atom. The van der Waals surface area contributed by atoms with Gasteiger partial charge in [0.25, 0.3) is 0 Å². The average Bonchev–Trinajstić information content (AvgIpc) is 2.34. The van der Waals surface area contributed by atoms with Gasteiger partial charge in [-0.2, -0.15) is 0 Å². The van der Waals surface area contributed by atoms with Crippen LogP contribution < -0.4 is 5.32 Å². The van der Waals surface area contributed by atoms with Crippen molar-refractivity contribution in [1.82, 2.24) is 0 Å². The summed E-state index contributed by atoms with van der Waals surface area (Å²) in [5, 5.41) is 3.73. The van der Waals surface area contributed by atoms with Gasteiger partial charge in [0.05, 0.1) is 5.69 Å². The first-order chi connectivity index (χ1) is 9.06. The minimum atomic E-state index is 0.618. The van der Waals surface area contributed by atoms with E-state index in [-0.39, 0.29) is 0 Å². The second kappa shape index (κ2) is 7.12. The number of para-hydroxylation sites is 1. The Bertz CT molecular complexity index is 397. The van der Waals surface area contributed by atoms with Gasteiger partial charge in [0.2, 0.25) is 0 Å². The van der Waals surface area contributed by atoms with Crippen LogP contribution in [0.5, 0.6) is 0 Å². The van der Waals surface area contributed by atoms with Gasteiger partial charge in [-0.1, -0.05) is 32.8 Å². The summed E-state index contributed by atoms with van der Waals surface area (Å²) in [6, 6.07) is 6.87. The molecule has 3 heteroatoms. The zero-order valence-corrected chi connectivity index (χ0v) is 14.9. The normalized spacial score (nSPS) is 23.6. The Morgan fingerprint density at radius 2 is 1.89 bits per heavy atom. The highest BCUT2D eigenvalue weighted by Crippen LogP contribution is 2.35. The maximum absolute atomic E-state index is 3.73. The molecule has 0 heterocycles. The van der Waals surface area contributed by atoms with Crippen molar-refractivity contribution in [2.45, 2.75) is 52.0 Å². The summed E-state index contributed by atoms with van der Waals surface area (Å²) < 4.78 is 2.29. The molecule has 0 radical (unpaired) electrons. The lowest BCUT2D eigenvalue weighted by Gasteiger charge is -2.32. The molecule has 19 heavy (non-hydrogen) atoms. The van der Waals surface area contributed by atoms with E-state index >= 15 is 0 Å². The molecule has 0 bridgehead atoms. The van der Waals surface area contributed by atoms with E-state index in [1.807, 2.05) is 0 Å². The molecule has 2 rings (SSSR count). The predicted octanol–water partition coefficient (Wildman–Crippen LogP) is 6.23. The average molecular weight is 389 g/mol. The number of nitrogens with one attached hydrogen (secondary N) is 1. The van der Waals surface area contributed by atoms with Gasteiger partial charge in [-0.3, -0.25) is 0 Å². The molecule has 1 nitrogen and oxygen atoms in total. The molecule has 1 aromatic rings. The van der Waals surface area contributed by atoms with Crippen LogP contribution in [-0.4, -0.2) is 6.04 Å². The highest BCUT2D eigenvalue weighted by molar-refractivity contribution is 9.11. The van der Waals surface area contributed by atoms with Crippen LogP contribution in [0.25, 0.3) is 0 Å². The molecular formula is C16H23Br2N. The third kappa shape index (κ3) is 4.49. The number of hydrogen-bond acceptors (Lipinski definition) is 1. The lowest BCUT2D eigenvalue weighted by Crippen LogP contribution is -2.28. The van der Waals surface area contributed by atoms with Gasteiger partial charge in [0, 0.05) is 15.0 Å². The molecule has 0 aliphatic heterocycles. The Kier molecular flexibility index (Phi) is 5.76. The van der Waals surface area contributed by atoms with Crippen LogP contribution >= 0.6 is 31.9 Å². The van der Waals surface area contributed by atoms with E-state index in [4.69, 9.17) is 0 Å². The minimum Gasteiger partial charge on any atom is -0.380 e. The van der Waals surface area contributed by atoms with Gasteiger partial charge in [-0.15, -0.1) is 0 Å². The van der Waals surface area contributed by atoms with Crippen molar-refractivity contribution in [1.29, 1.82) is 0 Å². The zero-order chi connectivity index (χ0) is 13.8. The highest BCUT2D eigenvalue weighted by atomic mass is 79.9. The first-order valence-electron chi connectivity index (χ1n) is 7.26. The van der Waals surface area contributed by atoms with Crippen molar-refractivity contribution in [3.63, 3.8) is 0 Å². The van der Waals surface area contributed by atoms with Crippen LogP contribution in [0.15, 0.2) is 27.1 Å². The number of hydrogen-bond donors (Lipinski definition) is 1. The quantitative estimate of drug-likeness (QED) is 0.644. The summed E-state index contributed by atoms with van der Waals surface area (Å²) in [6.07, 6.45) is 6.74. The number of benzene rings is 1. The van der Waals surface area contributed by atoms with Crippen molar-refractivity contribution < 1.29 is 0 Å². The number of halogens is 2. The molecule has 1 aliphatic rings. The van der Waals surface area contributed by atoms with E-state index in [0.29, 0.717) is 6.04 Å². The van der Waals surface area contributed by atoms with Gasteiger partial charge in [-0.05, 0) is 75.1 Å². The molecule has 1 N–H and O–H groups in total. The largest absolute Gasteiger partial charge is 0.380 e. The zero-order valence-electron chi connectivity index (χ0n) is 11.8. The van der Waals surface area contributed by atoms with Gasteiger partial charge >= 0.3 is 0 Å². The Balaban J connectivity index is 1.99. The molecular weight excluding hydrogens is 366 g/mol. The van der Waals surface area contributed by atoms with Crippen LogP contribution in [0.3, 0.4) is 0 Å². The number of anilines is 1.